The first-order valence-electron chi connectivity index (χ1n) is 8.94. The van der Waals surface area contributed by atoms with Crippen LogP contribution in [-0.4, -0.2) is 6.26 Å². The predicted octanol–water partition coefficient (Wildman–Crippen LogP) is 7.48. The van der Waals surface area contributed by atoms with Gasteiger partial charge in [-0.25, -0.2) is 4.39 Å². The second kappa shape index (κ2) is 7.67. The van der Waals surface area contributed by atoms with Gasteiger partial charge in [0.05, 0.1) is 0 Å². The third-order valence-corrected chi connectivity index (χ3v) is 5.84. The highest BCUT2D eigenvalue weighted by atomic mass is 32.2. The maximum atomic E-state index is 13.9. The summed E-state index contributed by atoms with van der Waals surface area (Å²) in [7, 11) is 0. The van der Waals surface area contributed by atoms with Crippen LogP contribution in [0.1, 0.15) is 43.9 Å². The fourth-order valence-corrected chi connectivity index (χ4v) is 3.69. The van der Waals surface area contributed by atoms with E-state index < -0.39 is 0 Å². The van der Waals surface area contributed by atoms with Crippen LogP contribution in [-0.2, 0) is 0 Å². The Labute approximate surface area is 160 Å². The van der Waals surface area contributed by atoms with Crippen LogP contribution in [0.25, 0.3) is 17.2 Å². The minimum absolute atomic E-state index is 0.185. The minimum atomic E-state index is -0.185. The molecule has 0 aromatic heterocycles. The molecule has 0 radical (unpaired) electrons. The lowest BCUT2D eigenvalue weighted by Gasteiger charge is -2.12. The summed E-state index contributed by atoms with van der Waals surface area (Å²) in [5, 5.41) is 0. The number of fused-ring (bicyclic) bond motifs is 1. The van der Waals surface area contributed by atoms with Crippen LogP contribution in [0.15, 0.2) is 65.1 Å². The molecule has 0 unspecified atom stereocenters. The number of halogens is 1. The Bertz CT molecular complexity index is 898. The van der Waals surface area contributed by atoms with Crippen LogP contribution in [0.4, 0.5) is 4.39 Å². The molecule has 0 N–H and O–H groups in total. The van der Waals surface area contributed by atoms with Gasteiger partial charge in [0.25, 0.3) is 0 Å². The molecule has 0 saturated heterocycles. The van der Waals surface area contributed by atoms with Gasteiger partial charge in [-0.1, -0.05) is 44.2 Å². The van der Waals surface area contributed by atoms with Gasteiger partial charge in [0.15, 0.2) is 0 Å². The zero-order valence-corrected chi connectivity index (χ0v) is 16.7. The average molecular weight is 365 g/mol. The van der Waals surface area contributed by atoms with E-state index in [0.29, 0.717) is 5.92 Å². The zero-order chi connectivity index (χ0) is 18.8. The summed E-state index contributed by atoms with van der Waals surface area (Å²) in [4.78, 5) is 1.25. The maximum Gasteiger partial charge on any atom is 0.123 e. The van der Waals surface area contributed by atoms with Crippen molar-refractivity contribution >= 4 is 29.0 Å². The Morgan fingerprint density at radius 2 is 1.81 bits per heavy atom. The van der Waals surface area contributed by atoms with Crippen LogP contribution in [0.2, 0.25) is 0 Å². The summed E-state index contributed by atoms with van der Waals surface area (Å²) in [6.07, 6.45) is 5.08. The van der Waals surface area contributed by atoms with Crippen LogP contribution >= 0.6 is 11.8 Å². The van der Waals surface area contributed by atoms with Crippen molar-refractivity contribution in [3.05, 3.63) is 82.7 Å². The third kappa shape index (κ3) is 3.71. The van der Waals surface area contributed by atoms with Crippen molar-refractivity contribution < 1.29 is 4.39 Å². The van der Waals surface area contributed by atoms with Gasteiger partial charge in [-0.3, -0.25) is 0 Å². The molecule has 0 nitrogen and oxygen atoms in total. The summed E-state index contributed by atoms with van der Waals surface area (Å²) < 4.78 is 13.9. The predicted molar refractivity (Wildman–Crippen MR) is 114 cm³/mol. The van der Waals surface area contributed by atoms with Gasteiger partial charge in [-0.15, -0.1) is 11.8 Å². The smallest absolute Gasteiger partial charge is 0.123 e. The van der Waals surface area contributed by atoms with Crippen molar-refractivity contribution in [1.29, 1.82) is 0 Å². The number of thioether (sulfide) groups is 1. The summed E-state index contributed by atoms with van der Waals surface area (Å²) in [6.45, 7) is 10.7. The molecule has 0 spiro atoms. The Morgan fingerprint density at radius 1 is 1.12 bits per heavy atom. The van der Waals surface area contributed by atoms with E-state index in [1.807, 2.05) is 6.07 Å². The lowest BCUT2D eigenvalue weighted by molar-refractivity contribution is 0.627. The highest BCUT2D eigenvalue weighted by molar-refractivity contribution is 7.98. The Balaban J connectivity index is 2.08. The molecule has 0 bridgehead atoms. The fraction of sp³-hybridized carbons (Fsp3) is 0.250. The van der Waals surface area contributed by atoms with Gasteiger partial charge in [-0.2, -0.15) is 0 Å². The monoisotopic (exact) mass is 364 g/mol. The molecule has 26 heavy (non-hydrogen) atoms. The van der Waals surface area contributed by atoms with E-state index in [0.717, 1.165) is 23.1 Å². The van der Waals surface area contributed by atoms with E-state index in [1.54, 1.807) is 23.9 Å². The molecule has 0 amide bonds. The Morgan fingerprint density at radius 3 is 2.42 bits per heavy atom. The molecule has 3 rings (SSSR count). The van der Waals surface area contributed by atoms with E-state index in [1.165, 1.54) is 27.2 Å². The van der Waals surface area contributed by atoms with Crippen molar-refractivity contribution in [2.75, 3.05) is 6.26 Å². The SMILES string of the molecule is C=C(CC1=C(C)/C(=C/c2ccc(SC)cc2)c2ccc(F)cc21)C(C)C. The second-order valence-electron chi connectivity index (χ2n) is 7.11. The Hall–Kier alpha value is -2.06. The third-order valence-electron chi connectivity index (χ3n) is 5.10. The summed E-state index contributed by atoms with van der Waals surface area (Å²) >= 11 is 1.74. The fourth-order valence-electron chi connectivity index (χ4n) is 3.28. The molecule has 1 aliphatic rings. The van der Waals surface area contributed by atoms with Gasteiger partial charge in [-0.05, 0) is 89.3 Å². The number of hydrogen-bond acceptors (Lipinski definition) is 1. The van der Waals surface area contributed by atoms with Crippen molar-refractivity contribution in [2.24, 2.45) is 5.92 Å². The standard InChI is InChI=1S/C24H25FS/c1-15(2)16(3)12-22-17(4)23(21-11-8-19(25)14-24(21)22)13-18-6-9-20(26-5)10-7-18/h6-11,13-15H,3,12H2,1-2,4-5H3/b23-13-. The molecule has 134 valence electrons. The topological polar surface area (TPSA) is 0 Å². The summed E-state index contributed by atoms with van der Waals surface area (Å²) in [5.41, 5.74) is 8.08. The van der Waals surface area contributed by atoms with Gasteiger partial charge >= 0.3 is 0 Å². The molecule has 0 saturated carbocycles. The van der Waals surface area contributed by atoms with E-state index in [-0.39, 0.29) is 5.82 Å². The van der Waals surface area contributed by atoms with Crippen LogP contribution < -0.4 is 0 Å². The molecule has 2 aromatic rings. The zero-order valence-electron chi connectivity index (χ0n) is 15.9. The van der Waals surface area contributed by atoms with Gasteiger partial charge < -0.3 is 0 Å². The number of allylic oxidation sites excluding steroid dienone is 4. The number of hydrogen-bond donors (Lipinski definition) is 0. The number of benzene rings is 2. The Kier molecular flexibility index (Phi) is 5.52. The lowest BCUT2D eigenvalue weighted by Crippen LogP contribution is -1.95. The molecular formula is C24H25FS. The van der Waals surface area contributed by atoms with E-state index in [2.05, 4.69) is 63.9 Å². The molecule has 0 fully saturated rings. The summed E-state index contributed by atoms with van der Waals surface area (Å²) in [5.74, 6) is 0.231. The van der Waals surface area contributed by atoms with Crippen molar-refractivity contribution in [3.63, 3.8) is 0 Å². The van der Waals surface area contributed by atoms with Crippen molar-refractivity contribution in [1.82, 2.24) is 0 Å². The van der Waals surface area contributed by atoms with Gasteiger partial charge in [0.1, 0.15) is 5.82 Å². The van der Waals surface area contributed by atoms with Gasteiger partial charge in [0.2, 0.25) is 0 Å². The van der Waals surface area contributed by atoms with Crippen molar-refractivity contribution in [3.8, 4) is 0 Å². The van der Waals surface area contributed by atoms with Crippen LogP contribution in [0.3, 0.4) is 0 Å². The van der Waals surface area contributed by atoms with E-state index in [9.17, 15) is 4.39 Å². The van der Waals surface area contributed by atoms with Crippen LogP contribution in [0, 0.1) is 11.7 Å². The lowest BCUT2D eigenvalue weighted by atomic mass is 9.93. The highest BCUT2D eigenvalue weighted by Crippen LogP contribution is 2.45. The maximum absolute atomic E-state index is 13.9. The average Bonchev–Trinajstić information content (AvgIpc) is 2.87. The highest BCUT2D eigenvalue weighted by Gasteiger charge is 2.24. The van der Waals surface area contributed by atoms with Crippen LogP contribution in [0.5, 0.6) is 0 Å². The molecule has 0 aliphatic heterocycles. The normalized spacial score (nSPS) is 15.1. The van der Waals surface area contributed by atoms with E-state index in [4.69, 9.17) is 0 Å². The quantitative estimate of drug-likeness (QED) is 0.391. The van der Waals surface area contributed by atoms with Crippen molar-refractivity contribution in [2.45, 2.75) is 32.1 Å². The molecule has 0 atom stereocenters. The molecular weight excluding hydrogens is 339 g/mol. The first-order chi connectivity index (χ1) is 12.4. The second-order valence-corrected chi connectivity index (χ2v) is 7.99. The summed E-state index contributed by atoms with van der Waals surface area (Å²) in [6, 6.07) is 13.7. The minimum Gasteiger partial charge on any atom is -0.207 e. The molecule has 1 aliphatic carbocycles. The molecule has 2 heteroatoms. The first kappa shape index (κ1) is 18.7. The molecule has 0 heterocycles. The largest absolute Gasteiger partial charge is 0.207 e. The molecule has 2 aromatic carbocycles. The first-order valence-corrected chi connectivity index (χ1v) is 10.2. The van der Waals surface area contributed by atoms with E-state index >= 15 is 0 Å². The van der Waals surface area contributed by atoms with Gasteiger partial charge in [0, 0.05) is 4.90 Å². The number of rotatable bonds is 5.